The van der Waals surface area contributed by atoms with E-state index < -0.39 is 0 Å². The molecule has 3 rings (SSSR count). The van der Waals surface area contributed by atoms with Crippen LogP contribution in [0, 0.1) is 0 Å². The van der Waals surface area contributed by atoms with Crippen molar-refractivity contribution in [3.05, 3.63) is 36.0 Å². The van der Waals surface area contributed by atoms with Gasteiger partial charge in [-0.2, -0.15) is 5.10 Å². The third-order valence-corrected chi connectivity index (χ3v) is 4.27. The highest BCUT2D eigenvalue weighted by Crippen LogP contribution is 2.34. The van der Waals surface area contributed by atoms with Crippen LogP contribution in [0.2, 0.25) is 0 Å². The number of aryl methyl sites for hydroxylation is 2. The number of nitrogens with zero attached hydrogens (tertiary/aromatic N) is 2. The smallest absolute Gasteiger partial charge is 0.123 e. The van der Waals surface area contributed by atoms with E-state index in [1.165, 1.54) is 5.39 Å². The van der Waals surface area contributed by atoms with Gasteiger partial charge in [0, 0.05) is 18.0 Å². The Labute approximate surface area is 116 Å². The number of hydrogen-bond donors (Lipinski definition) is 2. The zero-order valence-electron chi connectivity index (χ0n) is 11.0. The average molecular weight is 272 g/mol. The van der Waals surface area contributed by atoms with Crippen LogP contribution in [-0.4, -0.2) is 14.8 Å². The molecular formula is C14H16N4S. The highest BCUT2D eigenvalue weighted by atomic mass is 32.2. The highest BCUT2D eigenvalue weighted by molar-refractivity contribution is 7.99. The molecule has 3 N–H and O–H groups in total. The lowest BCUT2D eigenvalue weighted by molar-refractivity contribution is 0.687. The molecule has 98 valence electrons. The molecule has 0 radical (unpaired) electrons. The zero-order valence-corrected chi connectivity index (χ0v) is 11.8. The van der Waals surface area contributed by atoms with Gasteiger partial charge in [0.2, 0.25) is 0 Å². The average Bonchev–Trinajstić information content (AvgIpc) is 2.94. The SMILES string of the molecule is CCc1nn(C)c(Sc2cc3ccccc3[nH]2)c1N. The second-order valence-electron chi connectivity index (χ2n) is 4.47. The van der Waals surface area contributed by atoms with Crippen molar-refractivity contribution in [2.75, 3.05) is 5.73 Å². The normalized spacial score (nSPS) is 11.3. The molecule has 1 aromatic carbocycles. The number of anilines is 1. The summed E-state index contributed by atoms with van der Waals surface area (Å²) in [7, 11) is 1.93. The molecule has 3 aromatic rings. The van der Waals surface area contributed by atoms with Gasteiger partial charge >= 0.3 is 0 Å². The van der Waals surface area contributed by atoms with E-state index in [1.54, 1.807) is 11.8 Å². The summed E-state index contributed by atoms with van der Waals surface area (Å²) in [6.07, 6.45) is 0.854. The Morgan fingerprint density at radius 2 is 2.16 bits per heavy atom. The van der Waals surface area contributed by atoms with Crippen molar-refractivity contribution in [3.8, 4) is 0 Å². The fourth-order valence-corrected chi connectivity index (χ4v) is 3.12. The van der Waals surface area contributed by atoms with Gasteiger partial charge in [0.1, 0.15) is 5.03 Å². The lowest BCUT2D eigenvalue weighted by Crippen LogP contribution is -1.93. The molecule has 0 atom stereocenters. The molecule has 0 saturated heterocycles. The quantitative estimate of drug-likeness (QED) is 0.769. The number of nitrogen functional groups attached to an aromatic ring is 1. The molecule has 0 aliphatic carbocycles. The van der Waals surface area contributed by atoms with Crippen LogP contribution in [0.4, 0.5) is 5.69 Å². The summed E-state index contributed by atoms with van der Waals surface area (Å²) in [5.41, 5.74) is 9.02. The maximum absolute atomic E-state index is 6.14. The number of benzene rings is 1. The first kappa shape index (κ1) is 12.2. The van der Waals surface area contributed by atoms with Gasteiger partial charge < -0.3 is 10.7 Å². The Hall–Kier alpha value is -1.88. The van der Waals surface area contributed by atoms with Gasteiger partial charge in [0.05, 0.1) is 16.4 Å². The topological polar surface area (TPSA) is 59.6 Å². The summed E-state index contributed by atoms with van der Waals surface area (Å²) in [4.78, 5) is 3.39. The van der Waals surface area contributed by atoms with Crippen LogP contribution in [0.25, 0.3) is 10.9 Å². The summed E-state index contributed by atoms with van der Waals surface area (Å²) >= 11 is 1.62. The molecule has 0 fully saturated rings. The largest absolute Gasteiger partial charge is 0.395 e. The van der Waals surface area contributed by atoms with Crippen molar-refractivity contribution in [2.45, 2.75) is 23.4 Å². The van der Waals surface area contributed by atoms with E-state index in [1.807, 2.05) is 23.9 Å². The number of hydrogen-bond acceptors (Lipinski definition) is 3. The van der Waals surface area contributed by atoms with Gasteiger partial charge in [0.25, 0.3) is 0 Å². The van der Waals surface area contributed by atoms with Gasteiger partial charge in [0.15, 0.2) is 0 Å². The fraction of sp³-hybridized carbons (Fsp3) is 0.214. The van der Waals surface area contributed by atoms with Crippen molar-refractivity contribution >= 4 is 28.4 Å². The Kier molecular flexibility index (Phi) is 2.98. The van der Waals surface area contributed by atoms with Crippen LogP contribution in [0.1, 0.15) is 12.6 Å². The van der Waals surface area contributed by atoms with E-state index in [4.69, 9.17) is 5.73 Å². The number of nitrogens with two attached hydrogens (primary N) is 1. The maximum atomic E-state index is 6.14. The van der Waals surface area contributed by atoms with Crippen LogP contribution < -0.4 is 5.73 Å². The van der Waals surface area contributed by atoms with E-state index in [-0.39, 0.29) is 0 Å². The summed E-state index contributed by atoms with van der Waals surface area (Å²) in [6, 6.07) is 10.4. The first-order chi connectivity index (χ1) is 9.19. The number of aromatic nitrogens is 3. The Balaban J connectivity index is 1.98. The molecule has 0 spiro atoms. The molecule has 19 heavy (non-hydrogen) atoms. The summed E-state index contributed by atoms with van der Waals surface area (Å²) < 4.78 is 1.85. The first-order valence-corrected chi connectivity index (χ1v) is 7.07. The Bertz CT molecular complexity index is 693. The van der Waals surface area contributed by atoms with Crippen molar-refractivity contribution in [1.82, 2.24) is 14.8 Å². The minimum absolute atomic E-state index is 0.786. The van der Waals surface area contributed by atoms with Gasteiger partial charge in [-0.25, -0.2) is 0 Å². The Morgan fingerprint density at radius 3 is 2.84 bits per heavy atom. The van der Waals surface area contributed by atoms with Crippen molar-refractivity contribution in [3.63, 3.8) is 0 Å². The number of H-pyrrole nitrogens is 1. The first-order valence-electron chi connectivity index (χ1n) is 6.26. The number of para-hydroxylation sites is 1. The zero-order chi connectivity index (χ0) is 13.4. The van der Waals surface area contributed by atoms with E-state index in [2.05, 4.69) is 35.2 Å². The highest BCUT2D eigenvalue weighted by Gasteiger charge is 2.14. The second-order valence-corrected chi connectivity index (χ2v) is 5.50. The Morgan fingerprint density at radius 1 is 1.37 bits per heavy atom. The maximum Gasteiger partial charge on any atom is 0.123 e. The number of fused-ring (bicyclic) bond motifs is 1. The van der Waals surface area contributed by atoms with Crippen LogP contribution in [0.5, 0.6) is 0 Å². The molecule has 0 saturated carbocycles. The molecule has 0 unspecified atom stereocenters. The minimum Gasteiger partial charge on any atom is -0.395 e. The summed E-state index contributed by atoms with van der Waals surface area (Å²) in [6.45, 7) is 2.07. The third kappa shape index (κ3) is 2.10. The van der Waals surface area contributed by atoms with E-state index >= 15 is 0 Å². The predicted octanol–water partition coefficient (Wildman–Crippen LogP) is 3.20. The molecule has 2 heterocycles. The molecule has 0 bridgehead atoms. The monoisotopic (exact) mass is 272 g/mol. The second kappa shape index (κ2) is 4.66. The minimum atomic E-state index is 0.786. The van der Waals surface area contributed by atoms with E-state index in [9.17, 15) is 0 Å². The molecule has 4 nitrogen and oxygen atoms in total. The van der Waals surface area contributed by atoms with Crippen LogP contribution in [0.3, 0.4) is 0 Å². The van der Waals surface area contributed by atoms with Gasteiger partial charge in [-0.15, -0.1) is 0 Å². The van der Waals surface area contributed by atoms with Crippen LogP contribution >= 0.6 is 11.8 Å². The van der Waals surface area contributed by atoms with Gasteiger partial charge in [-0.3, -0.25) is 4.68 Å². The number of aromatic amines is 1. The molecule has 2 aromatic heterocycles. The molecule has 5 heteroatoms. The summed E-state index contributed by atoms with van der Waals surface area (Å²) in [5.74, 6) is 0. The van der Waals surface area contributed by atoms with E-state index in [0.717, 1.165) is 33.4 Å². The molecule has 0 amide bonds. The van der Waals surface area contributed by atoms with Crippen LogP contribution in [-0.2, 0) is 13.5 Å². The number of nitrogens with one attached hydrogen (secondary N) is 1. The standard InChI is InChI=1S/C14H16N4S/c1-3-10-13(15)14(18(2)17-10)19-12-8-9-6-4-5-7-11(9)16-12/h4-8,16H,3,15H2,1-2H3. The molecular weight excluding hydrogens is 256 g/mol. The summed E-state index contributed by atoms with van der Waals surface area (Å²) in [5, 5.41) is 7.72. The van der Waals surface area contributed by atoms with Crippen molar-refractivity contribution in [1.29, 1.82) is 0 Å². The van der Waals surface area contributed by atoms with Gasteiger partial charge in [-0.05, 0) is 18.6 Å². The lowest BCUT2D eigenvalue weighted by atomic mass is 10.3. The predicted molar refractivity (Wildman–Crippen MR) is 79.4 cm³/mol. The lowest BCUT2D eigenvalue weighted by Gasteiger charge is -2.00. The molecule has 0 aliphatic heterocycles. The third-order valence-electron chi connectivity index (χ3n) is 3.15. The van der Waals surface area contributed by atoms with Gasteiger partial charge in [-0.1, -0.05) is 36.9 Å². The fourth-order valence-electron chi connectivity index (χ4n) is 2.17. The van der Waals surface area contributed by atoms with E-state index in [0.29, 0.717) is 0 Å². The molecule has 0 aliphatic rings. The van der Waals surface area contributed by atoms with Crippen molar-refractivity contribution in [2.24, 2.45) is 7.05 Å². The van der Waals surface area contributed by atoms with Crippen LogP contribution in [0.15, 0.2) is 40.4 Å². The number of rotatable bonds is 3. The van der Waals surface area contributed by atoms with Crippen molar-refractivity contribution < 1.29 is 0 Å².